The quantitative estimate of drug-likeness (QED) is 0.654. The highest BCUT2D eigenvalue weighted by molar-refractivity contribution is 7.09. The van der Waals surface area contributed by atoms with Crippen LogP contribution >= 0.6 is 11.3 Å². The van der Waals surface area contributed by atoms with Gasteiger partial charge in [-0.3, -0.25) is 0 Å². The summed E-state index contributed by atoms with van der Waals surface area (Å²) in [5.41, 5.74) is 0. The van der Waals surface area contributed by atoms with E-state index >= 15 is 0 Å². The molecule has 1 rings (SSSR count). The first-order valence-corrected chi connectivity index (χ1v) is 5.10. The lowest BCUT2D eigenvalue weighted by Gasteiger charge is -2.12. The maximum absolute atomic E-state index is 10.2. The lowest BCUT2D eigenvalue weighted by atomic mass is 10.4. The van der Waals surface area contributed by atoms with Gasteiger partial charge in [-0.2, -0.15) is 0 Å². The van der Waals surface area contributed by atoms with Crippen LogP contribution in [-0.2, 0) is 11.3 Å². The summed E-state index contributed by atoms with van der Waals surface area (Å²) in [5.74, 6) is -0.967. The minimum Gasteiger partial charge on any atom is -0.550 e. The number of carbonyl (C=O) groups excluding carboxylic acids is 1. The Kier molecular flexibility index (Phi) is 3.92. The van der Waals surface area contributed by atoms with Gasteiger partial charge in [-0.25, -0.2) is 0 Å². The van der Waals surface area contributed by atoms with E-state index in [0.29, 0.717) is 6.54 Å². The Labute approximate surface area is 81.6 Å². The number of quaternary nitrogens is 1. The number of rotatable bonds is 5. The highest BCUT2D eigenvalue weighted by Gasteiger charge is 2.03. The van der Waals surface area contributed by atoms with Crippen LogP contribution in [0.3, 0.4) is 0 Å². The minimum atomic E-state index is -0.967. The van der Waals surface area contributed by atoms with Gasteiger partial charge in [0.1, 0.15) is 6.54 Å². The van der Waals surface area contributed by atoms with Crippen molar-refractivity contribution in [2.45, 2.75) is 13.0 Å². The van der Waals surface area contributed by atoms with Crippen LogP contribution in [0.25, 0.3) is 0 Å². The zero-order valence-electron chi connectivity index (χ0n) is 7.58. The summed E-state index contributed by atoms with van der Waals surface area (Å²) in [4.78, 5) is 12.7. The first-order chi connectivity index (χ1) is 6.18. The Bertz CT molecular complexity index is 259. The largest absolute Gasteiger partial charge is 0.550 e. The van der Waals surface area contributed by atoms with Crippen LogP contribution in [0.5, 0.6) is 0 Å². The molecule has 1 aromatic heterocycles. The smallest absolute Gasteiger partial charge is 0.112 e. The molecule has 1 heterocycles. The SMILES string of the molecule is C[NH+](CCC(=O)[O-])Cc1cccs1. The molecule has 3 nitrogen and oxygen atoms in total. The third-order valence-corrected chi connectivity index (χ3v) is 2.69. The van der Waals surface area contributed by atoms with Crippen LogP contribution in [0.4, 0.5) is 0 Å². The van der Waals surface area contributed by atoms with Crippen molar-refractivity contribution in [3.05, 3.63) is 22.4 Å². The van der Waals surface area contributed by atoms with Crippen LogP contribution in [0.2, 0.25) is 0 Å². The second-order valence-electron chi connectivity index (χ2n) is 3.09. The molecule has 1 unspecified atom stereocenters. The standard InChI is InChI=1S/C9H13NO2S/c1-10(5-4-9(11)12)7-8-3-2-6-13-8/h2-3,6H,4-5,7H2,1H3,(H,11,12). The predicted octanol–water partition coefficient (Wildman–Crippen LogP) is -1.10. The molecule has 1 atom stereocenters. The van der Waals surface area contributed by atoms with Crippen molar-refractivity contribution in [2.75, 3.05) is 13.6 Å². The Hall–Kier alpha value is -0.870. The maximum Gasteiger partial charge on any atom is 0.112 e. The molecule has 0 fully saturated rings. The number of thiophene rings is 1. The number of hydrogen-bond donors (Lipinski definition) is 1. The average Bonchev–Trinajstić information content (AvgIpc) is 2.53. The second kappa shape index (κ2) is 4.99. The summed E-state index contributed by atoms with van der Waals surface area (Å²) in [6, 6.07) is 4.07. The molecule has 0 aliphatic heterocycles. The summed E-state index contributed by atoms with van der Waals surface area (Å²) in [7, 11) is 1.99. The number of aliphatic carboxylic acids is 1. The molecule has 72 valence electrons. The molecule has 0 aromatic carbocycles. The van der Waals surface area contributed by atoms with E-state index in [2.05, 4.69) is 6.07 Å². The molecule has 0 aliphatic rings. The summed E-state index contributed by atoms with van der Waals surface area (Å²) >= 11 is 1.70. The Morgan fingerprint density at radius 2 is 2.46 bits per heavy atom. The molecule has 1 aromatic rings. The van der Waals surface area contributed by atoms with E-state index in [-0.39, 0.29) is 6.42 Å². The molecular formula is C9H13NO2S. The highest BCUT2D eigenvalue weighted by Crippen LogP contribution is 2.05. The molecule has 0 saturated carbocycles. The zero-order valence-corrected chi connectivity index (χ0v) is 8.39. The molecule has 0 saturated heterocycles. The molecule has 1 N–H and O–H groups in total. The molecule has 0 aliphatic carbocycles. The van der Waals surface area contributed by atoms with Gasteiger partial charge in [0, 0.05) is 12.4 Å². The molecule has 0 spiro atoms. The Balaban J connectivity index is 2.25. The van der Waals surface area contributed by atoms with Gasteiger partial charge in [0.25, 0.3) is 0 Å². The van der Waals surface area contributed by atoms with Crippen molar-refractivity contribution >= 4 is 17.3 Å². The van der Waals surface area contributed by atoms with Crippen LogP contribution < -0.4 is 10.0 Å². The van der Waals surface area contributed by atoms with Crippen molar-refractivity contribution in [1.82, 2.24) is 0 Å². The molecule has 13 heavy (non-hydrogen) atoms. The van der Waals surface area contributed by atoms with Crippen LogP contribution in [-0.4, -0.2) is 19.6 Å². The second-order valence-corrected chi connectivity index (χ2v) is 4.12. The van der Waals surface area contributed by atoms with Crippen molar-refractivity contribution in [3.8, 4) is 0 Å². The fraction of sp³-hybridized carbons (Fsp3) is 0.444. The van der Waals surface area contributed by atoms with Crippen molar-refractivity contribution in [3.63, 3.8) is 0 Å². The van der Waals surface area contributed by atoms with Gasteiger partial charge in [-0.05, 0) is 11.4 Å². The van der Waals surface area contributed by atoms with Gasteiger partial charge in [-0.1, -0.05) is 6.07 Å². The number of hydrogen-bond acceptors (Lipinski definition) is 3. The predicted molar refractivity (Wildman–Crippen MR) is 49.4 cm³/mol. The third kappa shape index (κ3) is 4.05. The molecule has 4 heteroatoms. The van der Waals surface area contributed by atoms with E-state index in [9.17, 15) is 9.90 Å². The molecule has 0 amide bonds. The average molecular weight is 199 g/mol. The monoisotopic (exact) mass is 199 g/mol. The van der Waals surface area contributed by atoms with E-state index in [1.807, 2.05) is 18.5 Å². The summed E-state index contributed by atoms with van der Waals surface area (Å²) < 4.78 is 0. The Morgan fingerprint density at radius 3 is 3.00 bits per heavy atom. The first-order valence-electron chi connectivity index (χ1n) is 4.22. The topological polar surface area (TPSA) is 44.6 Å². The minimum absolute atomic E-state index is 0.136. The van der Waals surface area contributed by atoms with Crippen molar-refractivity contribution in [1.29, 1.82) is 0 Å². The highest BCUT2D eigenvalue weighted by atomic mass is 32.1. The fourth-order valence-electron chi connectivity index (χ4n) is 1.11. The van der Waals surface area contributed by atoms with E-state index in [0.717, 1.165) is 6.54 Å². The van der Waals surface area contributed by atoms with Crippen molar-refractivity contribution < 1.29 is 14.8 Å². The lowest BCUT2D eigenvalue weighted by molar-refractivity contribution is -0.893. The number of nitrogens with one attached hydrogen (secondary N) is 1. The summed E-state index contributed by atoms with van der Waals surface area (Å²) in [5, 5.41) is 12.2. The van der Waals surface area contributed by atoms with E-state index in [1.165, 1.54) is 9.78 Å². The molecule has 0 bridgehead atoms. The van der Waals surface area contributed by atoms with Gasteiger partial charge in [0.2, 0.25) is 0 Å². The van der Waals surface area contributed by atoms with Crippen molar-refractivity contribution in [2.24, 2.45) is 0 Å². The fourth-order valence-corrected chi connectivity index (χ4v) is 1.93. The van der Waals surface area contributed by atoms with Crippen LogP contribution in [0, 0.1) is 0 Å². The number of carboxylic acids is 1. The van der Waals surface area contributed by atoms with Gasteiger partial charge in [0.05, 0.1) is 18.5 Å². The van der Waals surface area contributed by atoms with Gasteiger partial charge in [0.15, 0.2) is 0 Å². The van der Waals surface area contributed by atoms with Gasteiger partial charge in [-0.15, -0.1) is 11.3 Å². The number of carboxylic acid groups (broad SMARTS) is 1. The van der Waals surface area contributed by atoms with E-state index in [1.54, 1.807) is 11.3 Å². The molecular weight excluding hydrogens is 186 g/mol. The van der Waals surface area contributed by atoms with E-state index < -0.39 is 5.97 Å². The summed E-state index contributed by atoms with van der Waals surface area (Å²) in [6.45, 7) is 1.52. The lowest BCUT2D eigenvalue weighted by Crippen LogP contribution is -3.07. The maximum atomic E-state index is 10.2. The van der Waals surface area contributed by atoms with Crippen LogP contribution in [0.15, 0.2) is 17.5 Å². The van der Waals surface area contributed by atoms with E-state index in [4.69, 9.17) is 0 Å². The third-order valence-electron chi connectivity index (χ3n) is 1.81. The normalized spacial score (nSPS) is 12.7. The number of carbonyl (C=O) groups is 1. The summed E-state index contributed by atoms with van der Waals surface area (Å²) in [6.07, 6.45) is 0.136. The van der Waals surface area contributed by atoms with Crippen LogP contribution in [0.1, 0.15) is 11.3 Å². The Morgan fingerprint density at radius 1 is 1.69 bits per heavy atom. The van der Waals surface area contributed by atoms with Gasteiger partial charge >= 0.3 is 0 Å². The zero-order chi connectivity index (χ0) is 9.68. The molecule has 0 radical (unpaired) electrons. The first kappa shape index (κ1) is 10.2. The van der Waals surface area contributed by atoms with Gasteiger partial charge < -0.3 is 14.8 Å².